The van der Waals surface area contributed by atoms with E-state index in [4.69, 9.17) is 0 Å². The van der Waals surface area contributed by atoms with Gasteiger partial charge in [-0.3, -0.25) is 0 Å². The lowest BCUT2D eigenvalue weighted by Gasteiger charge is -2.29. The van der Waals surface area contributed by atoms with Crippen molar-refractivity contribution in [3.63, 3.8) is 0 Å². The van der Waals surface area contributed by atoms with Gasteiger partial charge in [0.2, 0.25) is 0 Å². The van der Waals surface area contributed by atoms with Crippen LogP contribution in [-0.2, 0) is 6.42 Å². The Bertz CT molecular complexity index is 450. The average Bonchev–Trinajstić information content (AvgIpc) is 2.56. The van der Waals surface area contributed by atoms with Gasteiger partial charge in [0, 0.05) is 5.56 Å². The molecule has 0 amide bonds. The van der Waals surface area contributed by atoms with Crippen LogP contribution in [0.15, 0.2) is 12.1 Å². The maximum atomic E-state index is 14.3. The van der Waals surface area contributed by atoms with E-state index in [2.05, 4.69) is 13.8 Å². The van der Waals surface area contributed by atoms with Crippen molar-refractivity contribution in [2.24, 2.45) is 5.92 Å². The average molecular weight is 322 g/mol. The minimum absolute atomic E-state index is 0.291. The third-order valence-electron chi connectivity index (χ3n) is 5.48. The maximum absolute atomic E-state index is 14.3. The summed E-state index contributed by atoms with van der Waals surface area (Å²) in [5, 5.41) is 0. The van der Waals surface area contributed by atoms with Gasteiger partial charge in [-0.25, -0.2) is 8.78 Å². The molecule has 0 heterocycles. The van der Waals surface area contributed by atoms with Crippen LogP contribution in [0.2, 0.25) is 0 Å². The molecule has 0 atom stereocenters. The quantitative estimate of drug-likeness (QED) is 0.445. The summed E-state index contributed by atoms with van der Waals surface area (Å²) in [6, 6.07) is 3.22. The van der Waals surface area contributed by atoms with E-state index in [0.29, 0.717) is 17.9 Å². The van der Waals surface area contributed by atoms with Crippen LogP contribution in [0.25, 0.3) is 0 Å². The summed E-state index contributed by atoms with van der Waals surface area (Å²) in [5.41, 5.74) is 1.17. The number of unbranched alkanes of at least 4 members (excludes halogenated alkanes) is 3. The van der Waals surface area contributed by atoms with Crippen LogP contribution in [0.3, 0.4) is 0 Å². The molecule has 2 heteroatoms. The van der Waals surface area contributed by atoms with Crippen LogP contribution >= 0.6 is 0 Å². The molecular weight excluding hydrogens is 290 g/mol. The number of rotatable bonds is 8. The summed E-state index contributed by atoms with van der Waals surface area (Å²) in [6.07, 6.45) is 12.0. The van der Waals surface area contributed by atoms with Crippen molar-refractivity contribution in [3.8, 4) is 0 Å². The topological polar surface area (TPSA) is 0 Å². The molecule has 1 aromatic rings. The number of hydrogen-bond acceptors (Lipinski definition) is 0. The molecule has 0 aromatic heterocycles. The zero-order chi connectivity index (χ0) is 16.7. The van der Waals surface area contributed by atoms with Gasteiger partial charge in [0.15, 0.2) is 0 Å². The molecule has 0 aliphatic heterocycles. The summed E-state index contributed by atoms with van der Waals surface area (Å²) < 4.78 is 28.6. The SMILES string of the molecule is CCCCCc1c(F)cc([C@H]2CC[C@H](CCCC)CC2)cc1F. The first-order valence-electron chi connectivity index (χ1n) is 9.63. The Morgan fingerprint density at radius 2 is 1.48 bits per heavy atom. The second kappa shape index (κ2) is 9.39. The first-order valence-corrected chi connectivity index (χ1v) is 9.63. The van der Waals surface area contributed by atoms with Crippen molar-refractivity contribution in [1.82, 2.24) is 0 Å². The van der Waals surface area contributed by atoms with Gasteiger partial charge in [-0.05, 0) is 68.1 Å². The van der Waals surface area contributed by atoms with Gasteiger partial charge in [-0.2, -0.15) is 0 Å². The van der Waals surface area contributed by atoms with Gasteiger partial charge in [0.05, 0.1) is 0 Å². The molecule has 0 radical (unpaired) electrons. The first-order chi connectivity index (χ1) is 11.2. The van der Waals surface area contributed by atoms with Crippen LogP contribution in [0.5, 0.6) is 0 Å². The zero-order valence-electron chi connectivity index (χ0n) is 14.8. The standard InChI is InChI=1S/C21H32F2/c1-3-5-7-9-19-20(22)14-18(15-21(19)23)17-12-10-16(11-13-17)8-6-4-2/h14-17H,3-13H2,1-2H3/t16-,17-. The fourth-order valence-electron chi connectivity index (χ4n) is 3.93. The Labute approximate surface area is 140 Å². The highest BCUT2D eigenvalue weighted by Crippen LogP contribution is 2.38. The van der Waals surface area contributed by atoms with Gasteiger partial charge in [0.1, 0.15) is 11.6 Å². The molecule has 130 valence electrons. The van der Waals surface area contributed by atoms with Crippen molar-refractivity contribution in [1.29, 1.82) is 0 Å². The van der Waals surface area contributed by atoms with Gasteiger partial charge in [-0.1, -0.05) is 46.0 Å². The van der Waals surface area contributed by atoms with Crippen LogP contribution < -0.4 is 0 Å². The molecule has 1 fully saturated rings. The molecule has 0 N–H and O–H groups in total. The zero-order valence-corrected chi connectivity index (χ0v) is 14.8. The van der Waals surface area contributed by atoms with E-state index in [0.717, 1.165) is 43.6 Å². The number of hydrogen-bond donors (Lipinski definition) is 0. The lowest BCUT2D eigenvalue weighted by atomic mass is 9.77. The van der Waals surface area contributed by atoms with Crippen molar-refractivity contribution in [2.75, 3.05) is 0 Å². The Morgan fingerprint density at radius 1 is 0.870 bits per heavy atom. The van der Waals surface area contributed by atoms with Crippen LogP contribution in [-0.4, -0.2) is 0 Å². The number of halogens is 2. The largest absolute Gasteiger partial charge is 0.207 e. The van der Waals surface area contributed by atoms with Crippen molar-refractivity contribution in [3.05, 3.63) is 34.9 Å². The van der Waals surface area contributed by atoms with E-state index in [9.17, 15) is 8.78 Å². The van der Waals surface area contributed by atoms with E-state index in [1.807, 2.05) is 0 Å². The third kappa shape index (κ3) is 5.29. The normalized spacial score (nSPS) is 21.6. The van der Waals surface area contributed by atoms with E-state index in [1.54, 1.807) is 12.1 Å². The minimum atomic E-state index is -0.329. The summed E-state index contributed by atoms with van der Waals surface area (Å²) >= 11 is 0. The van der Waals surface area contributed by atoms with E-state index < -0.39 is 0 Å². The Balaban J connectivity index is 1.96. The van der Waals surface area contributed by atoms with E-state index in [-0.39, 0.29) is 11.6 Å². The van der Waals surface area contributed by atoms with E-state index in [1.165, 1.54) is 32.1 Å². The minimum Gasteiger partial charge on any atom is -0.207 e. The lowest BCUT2D eigenvalue weighted by molar-refractivity contribution is 0.303. The third-order valence-corrected chi connectivity index (χ3v) is 5.48. The molecule has 0 nitrogen and oxygen atoms in total. The number of benzene rings is 1. The molecule has 2 rings (SSSR count). The molecule has 0 spiro atoms. The maximum Gasteiger partial charge on any atom is 0.129 e. The van der Waals surface area contributed by atoms with Crippen molar-refractivity contribution >= 4 is 0 Å². The van der Waals surface area contributed by atoms with Crippen molar-refractivity contribution < 1.29 is 8.78 Å². The Morgan fingerprint density at radius 3 is 2.04 bits per heavy atom. The first kappa shape index (κ1) is 18.4. The molecule has 1 saturated carbocycles. The second-order valence-corrected chi connectivity index (χ2v) is 7.28. The molecule has 1 aromatic carbocycles. The molecule has 0 bridgehead atoms. The summed E-state index contributed by atoms with van der Waals surface area (Å²) in [6.45, 7) is 4.34. The fraction of sp³-hybridized carbons (Fsp3) is 0.714. The fourth-order valence-corrected chi connectivity index (χ4v) is 3.93. The van der Waals surface area contributed by atoms with Gasteiger partial charge in [0.25, 0.3) is 0 Å². The van der Waals surface area contributed by atoms with Crippen molar-refractivity contribution in [2.45, 2.75) is 90.4 Å². The molecule has 1 aliphatic rings. The molecule has 0 saturated heterocycles. The van der Waals surface area contributed by atoms with Gasteiger partial charge >= 0.3 is 0 Å². The predicted molar refractivity (Wildman–Crippen MR) is 93.8 cm³/mol. The smallest absolute Gasteiger partial charge is 0.129 e. The second-order valence-electron chi connectivity index (χ2n) is 7.28. The highest BCUT2D eigenvalue weighted by molar-refractivity contribution is 5.29. The Kier molecular flexibility index (Phi) is 7.52. The van der Waals surface area contributed by atoms with Crippen LogP contribution in [0.1, 0.15) is 95.1 Å². The van der Waals surface area contributed by atoms with Crippen LogP contribution in [0, 0.1) is 17.6 Å². The summed E-state index contributed by atoms with van der Waals surface area (Å²) in [7, 11) is 0. The molecule has 23 heavy (non-hydrogen) atoms. The molecular formula is C21H32F2. The highest BCUT2D eigenvalue weighted by atomic mass is 19.1. The highest BCUT2D eigenvalue weighted by Gasteiger charge is 2.23. The molecule has 0 unspecified atom stereocenters. The van der Waals surface area contributed by atoms with E-state index >= 15 is 0 Å². The Hall–Kier alpha value is -0.920. The summed E-state index contributed by atoms with van der Waals surface area (Å²) in [4.78, 5) is 0. The predicted octanol–water partition coefficient (Wildman–Crippen LogP) is 7.16. The van der Waals surface area contributed by atoms with Gasteiger partial charge < -0.3 is 0 Å². The molecule has 1 aliphatic carbocycles. The monoisotopic (exact) mass is 322 g/mol. The summed E-state index contributed by atoms with van der Waals surface area (Å²) in [5.74, 6) is 0.518. The van der Waals surface area contributed by atoms with Gasteiger partial charge in [-0.15, -0.1) is 0 Å². The van der Waals surface area contributed by atoms with Crippen LogP contribution in [0.4, 0.5) is 8.78 Å². The lowest BCUT2D eigenvalue weighted by Crippen LogP contribution is -2.14.